The lowest BCUT2D eigenvalue weighted by Gasteiger charge is -2.05. The predicted octanol–water partition coefficient (Wildman–Crippen LogP) is 4.48. The fourth-order valence-corrected chi connectivity index (χ4v) is 2.98. The van der Waals surface area contributed by atoms with Crippen molar-refractivity contribution in [1.29, 1.82) is 0 Å². The first-order valence-corrected chi connectivity index (χ1v) is 10.1. The Bertz CT molecular complexity index is 448. The molecule has 6 nitrogen and oxygen atoms in total. The first-order valence-electron chi connectivity index (χ1n) is 10.1. The molecule has 0 aliphatic heterocycles. The lowest BCUT2D eigenvalue weighted by atomic mass is 10.1. The lowest BCUT2D eigenvalue weighted by molar-refractivity contribution is -0.140. The number of tetrazole rings is 1. The average molecular weight is 353 g/mol. The molecular weight excluding hydrogens is 316 g/mol. The molecule has 0 amide bonds. The lowest BCUT2D eigenvalue weighted by Crippen LogP contribution is -2.06. The van der Waals surface area contributed by atoms with Gasteiger partial charge in [-0.05, 0) is 29.7 Å². The minimum atomic E-state index is -0.0998. The number of carbonyl (C=O) groups excluding carboxylic acids is 1. The van der Waals surface area contributed by atoms with Gasteiger partial charge in [-0.1, -0.05) is 64.7 Å². The molecule has 6 heteroatoms. The van der Waals surface area contributed by atoms with Gasteiger partial charge in [0.2, 0.25) is 0 Å². The molecule has 0 spiro atoms. The number of aryl methyl sites for hydroxylation is 2. The molecule has 0 atom stereocenters. The van der Waals surface area contributed by atoms with Crippen LogP contribution in [0.3, 0.4) is 0 Å². The number of methoxy groups -OCH3 is 1. The van der Waals surface area contributed by atoms with Crippen LogP contribution in [0.25, 0.3) is 0 Å². The van der Waals surface area contributed by atoms with Gasteiger partial charge >= 0.3 is 5.97 Å². The molecule has 0 N–H and O–H groups in total. The smallest absolute Gasteiger partial charge is 0.305 e. The van der Waals surface area contributed by atoms with E-state index in [2.05, 4.69) is 27.2 Å². The Morgan fingerprint density at radius 2 is 1.56 bits per heavy atom. The fraction of sp³-hybridized carbons (Fsp3) is 0.895. The zero-order valence-corrected chi connectivity index (χ0v) is 16.2. The molecule has 1 aromatic rings. The van der Waals surface area contributed by atoms with Crippen LogP contribution in [0.4, 0.5) is 0 Å². The molecule has 0 bridgehead atoms. The average Bonchev–Trinajstić information content (AvgIpc) is 3.07. The predicted molar refractivity (Wildman–Crippen MR) is 99.2 cm³/mol. The van der Waals surface area contributed by atoms with Crippen molar-refractivity contribution in [3.8, 4) is 0 Å². The van der Waals surface area contributed by atoms with Crippen molar-refractivity contribution >= 4 is 5.97 Å². The van der Waals surface area contributed by atoms with E-state index in [4.69, 9.17) is 0 Å². The highest BCUT2D eigenvalue weighted by atomic mass is 16.5. The van der Waals surface area contributed by atoms with E-state index < -0.39 is 0 Å². The Morgan fingerprint density at radius 3 is 2.28 bits per heavy atom. The summed E-state index contributed by atoms with van der Waals surface area (Å²) in [5, 5.41) is 12.1. The van der Waals surface area contributed by atoms with Crippen molar-refractivity contribution in [3.05, 3.63) is 5.82 Å². The van der Waals surface area contributed by atoms with Crippen LogP contribution >= 0.6 is 0 Å². The first kappa shape index (κ1) is 21.6. The van der Waals surface area contributed by atoms with E-state index >= 15 is 0 Å². The maximum Gasteiger partial charge on any atom is 0.305 e. The summed E-state index contributed by atoms with van der Waals surface area (Å²) < 4.78 is 6.62. The van der Waals surface area contributed by atoms with E-state index in [1.165, 1.54) is 64.9 Å². The zero-order valence-electron chi connectivity index (χ0n) is 16.2. The van der Waals surface area contributed by atoms with Gasteiger partial charge in [-0.25, -0.2) is 4.68 Å². The topological polar surface area (TPSA) is 69.9 Å². The molecule has 0 unspecified atom stereocenters. The van der Waals surface area contributed by atoms with Crippen molar-refractivity contribution in [2.45, 2.75) is 103 Å². The number of carbonyl (C=O) groups is 1. The minimum absolute atomic E-state index is 0.0998. The Kier molecular flexibility index (Phi) is 12.8. The third kappa shape index (κ3) is 10.9. The second kappa shape index (κ2) is 14.8. The molecule has 1 heterocycles. The van der Waals surface area contributed by atoms with Crippen molar-refractivity contribution < 1.29 is 9.53 Å². The number of hydrogen-bond acceptors (Lipinski definition) is 5. The van der Waals surface area contributed by atoms with E-state index in [0.717, 1.165) is 38.1 Å². The molecule has 0 aliphatic rings. The summed E-state index contributed by atoms with van der Waals surface area (Å²) in [7, 11) is 1.45. The van der Waals surface area contributed by atoms with Gasteiger partial charge in [0.05, 0.1) is 7.11 Å². The Balaban J connectivity index is 2.02. The van der Waals surface area contributed by atoms with Gasteiger partial charge in [-0.15, -0.1) is 5.10 Å². The summed E-state index contributed by atoms with van der Waals surface area (Å²) in [4.78, 5) is 11.0. The van der Waals surface area contributed by atoms with Gasteiger partial charge < -0.3 is 4.74 Å². The number of rotatable bonds is 16. The SMILES string of the molecule is CCCCCCCCn1nnnc1CCCCCCCCC(=O)OC. The van der Waals surface area contributed by atoms with Crippen LogP contribution in [-0.2, 0) is 22.5 Å². The van der Waals surface area contributed by atoms with Crippen LogP contribution < -0.4 is 0 Å². The van der Waals surface area contributed by atoms with Gasteiger partial charge in [-0.2, -0.15) is 0 Å². The number of hydrogen-bond donors (Lipinski definition) is 0. The quantitative estimate of drug-likeness (QED) is 0.324. The van der Waals surface area contributed by atoms with Crippen molar-refractivity contribution in [1.82, 2.24) is 20.2 Å². The second-order valence-electron chi connectivity index (χ2n) is 6.78. The number of esters is 1. The molecule has 0 radical (unpaired) electrons. The second-order valence-corrected chi connectivity index (χ2v) is 6.78. The highest BCUT2D eigenvalue weighted by Crippen LogP contribution is 2.11. The van der Waals surface area contributed by atoms with E-state index in [0.29, 0.717) is 6.42 Å². The largest absolute Gasteiger partial charge is 0.469 e. The Morgan fingerprint density at radius 1 is 0.920 bits per heavy atom. The van der Waals surface area contributed by atoms with Crippen molar-refractivity contribution in [2.24, 2.45) is 0 Å². The van der Waals surface area contributed by atoms with Gasteiger partial charge in [0.15, 0.2) is 5.82 Å². The molecule has 0 saturated carbocycles. The fourth-order valence-electron chi connectivity index (χ4n) is 2.98. The zero-order chi connectivity index (χ0) is 18.2. The first-order chi connectivity index (χ1) is 12.3. The highest BCUT2D eigenvalue weighted by molar-refractivity contribution is 5.68. The highest BCUT2D eigenvalue weighted by Gasteiger charge is 2.05. The standard InChI is InChI=1S/C19H36N4O2/c1-3-4-5-6-11-14-17-23-18(20-21-22-23)15-12-9-7-8-10-13-16-19(24)25-2/h3-17H2,1-2H3. The molecule has 1 aromatic heterocycles. The van der Waals surface area contributed by atoms with Crippen LogP contribution in [0.15, 0.2) is 0 Å². The van der Waals surface area contributed by atoms with E-state index in [1.807, 2.05) is 4.68 Å². The summed E-state index contributed by atoms with van der Waals surface area (Å²) in [6.07, 6.45) is 16.0. The molecule has 0 saturated heterocycles. The summed E-state index contributed by atoms with van der Waals surface area (Å²) in [5.74, 6) is 0.927. The van der Waals surface area contributed by atoms with E-state index in [9.17, 15) is 4.79 Å². The number of nitrogens with zero attached hydrogens (tertiary/aromatic N) is 4. The van der Waals surface area contributed by atoms with Crippen LogP contribution in [-0.4, -0.2) is 33.3 Å². The molecule has 1 rings (SSSR count). The number of aromatic nitrogens is 4. The van der Waals surface area contributed by atoms with Gasteiger partial charge in [-0.3, -0.25) is 4.79 Å². The normalized spacial score (nSPS) is 11.0. The summed E-state index contributed by atoms with van der Waals surface area (Å²) in [6, 6.07) is 0. The summed E-state index contributed by atoms with van der Waals surface area (Å²) in [6.45, 7) is 3.19. The minimum Gasteiger partial charge on any atom is -0.469 e. The van der Waals surface area contributed by atoms with Gasteiger partial charge in [0.1, 0.15) is 0 Å². The Hall–Kier alpha value is -1.46. The number of ether oxygens (including phenoxy) is 1. The van der Waals surface area contributed by atoms with E-state index in [1.54, 1.807) is 0 Å². The third-order valence-corrected chi connectivity index (χ3v) is 4.59. The van der Waals surface area contributed by atoms with Crippen LogP contribution in [0.2, 0.25) is 0 Å². The Labute approximate surface area is 152 Å². The van der Waals surface area contributed by atoms with Gasteiger partial charge in [0, 0.05) is 19.4 Å². The molecule has 144 valence electrons. The molecular formula is C19H36N4O2. The third-order valence-electron chi connectivity index (χ3n) is 4.59. The van der Waals surface area contributed by atoms with Gasteiger partial charge in [0.25, 0.3) is 0 Å². The summed E-state index contributed by atoms with van der Waals surface area (Å²) in [5.41, 5.74) is 0. The monoisotopic (exact) mass is 352 g/mol. The maximum atomic E-state index is 11.0. The summed E-state index contributed by atoms with van der Waals surface area (Å²) >= 11 is 0. The van der Waals surface area contributed by atoms with Crippen LogP contribution in [0, 0.1) is 0 Å². The molecule has 0 aromatic carbocycles. The van der Waals surface area contributed by atoms with E-state index in [-0.39, 0.29) is 5.97 Å². The number of unbranched alkanes of at least 4 members (excludes halogenated alkanes) is 10. The van der Waals surface area contributed by atoms with Crippen LogP contribution in [0.1, 0.15) is 96.2 Å². The maximum absolute atomic E-state index is 11.0. The molecule has 0 fully saturated rings. The van der Waals surface area contributed by atoms with Crippen molar-refractivity contribution in [2.75, 3.05) is 7.11 Å². The molecule has 25 heavy (non-hydrogen) atoms. The molecule has 0 aliphatic carbocycles. The van der Waals surface area contributed by atoms with Crippen LogP contribution in [0.5, 0.6) is 0 Å². The van der Waals surface area contributed by atoms with Crippen molar-refractivity contribution in [3.63, 3.8) is 0 Å².